The van der Waals surface area contributed by atoms with Crippen molar-refractivity contribution in [3.8, 4) is 5.75 Å². The van der Waals surface area contributed by atoms with Crippen LogP contribution in [0.5, 0.6) is 5.75 Å². The predicted octanol–water partition coefficient (Wildman–Crippen LogP) is 6.18. The van der Waals surface area contributed by atoms with Gasteiger partial charge >= 0.3 is 0 Å². The zero-order valence-corrected chi connectivity index (χ0v) is 28.9. The summed E-state index contributed by atoms with van der Waals surface area (Å²) < 4.78 is 4.54. The number of hydrogen-bond donors (Lipinski definition) is 1. The molecule has 0 aliphatic carbocycles. The summed E-state index contributed by atoms with van der Waals surface area (Å²) in [4.78, 5) is 38.9. The van der Waals surface area contributed by atoms with Gasteiger partial charge < -0.3 is 24.4 Å². The summed E-state index contributed by atoms with van der Waals surface area (Å²) in [5.41, 5.74) is 3.73. The SMILES string of the molecule is CC.CCOC.CCON(C)C=O.CN(CCN(C=O)CC=O)Cc1ccccc1.Cc1ccc(O)cc1.Cc1ccccc1. The topological polar surface area (TPSA) is 99.6 Å². The van der Waals surface area contributed by atoms with Crippen molar-refractivity contribution in [1.29, 1.82) is 0 Å². The van der Waals surface area contributed by atoms with E-state index in [9.17, 15) is 14.4 Å². The highest BCUT2D eigenvalue weighted by Crippen LogP contribution is 2.07. The number of nitrogens with zero attached hydrogens (tertiary/aromatic N) is 3. The minimum Gasteiger partial charge on any atom is -0.508 e. The Balaban J connectivity index is -0.000000530. The molecule has 252 valence electrons. The van der Waals surface area contributed by atoms with Gasteiger partial charge in [0.15, 0.2) is 0 Å². The average molecular weight is 628 g/mol. The number of benzene rings is 3. The first kappa shape index (κ1) is 45.4. The lowest BCUT2D eigenvalue weighted by atomic mass is 10.2. The molecule has 9 heteroatoms. The lowest BCUT2D eigenvalue weighted by molar-refractivity contribution is -0.161. The van der Waals surface area contributed by atoms with E-state index in [2.05, 4.69) is 45.7 Å². The molecule has 2 amide bonds. The number of phenolic OH excluding ortho intramolecular Hbond substituents is 1. The highest BCUT2D eigenvalue weighted by Gasteiger charge is 2.04. The largest absolute Gasteiger partial charge is 0.508 e. The van der Waals surface area contributed by atoms with Gasteiger partial charge in [0.1, 0.15) is 12.0 Å². The van der Waals surface area contributed by atoms with Crippen molar-refractivity contribution in [1.82, 2.24) is 14.9 Å². The molecule has 3 aromatic carbocycles. The molecule has 3 rings (SSSR count). The van der Waals surface area contributed by atoms with Gasteiger partial charge in [-0.25, -0.2) is 5.06 Å². The molecule has 0 aromatic heterocycles. The quantitative estimate of drug-likeness (QED) is 0.189. The Hall–Kier alpha value is -4.05. The van der Waals surface area contributed by atoms with E-state index >= 15 is 0 Å². The predicted molar refractivity (Wildman–Crippen MR) is 185 cm³/mol. The second kappa shape index (κ2) is 34.4. The molecule has 1 N–H and O–H groups in total. The van der Waals surface area contributed by atoms with Gasteiger partial charge in [-0.2, -0.15) is 0 Å². The second-order valence-corrected chi connectivity index (χ2v) is 9.13. The zero-order valence-electron chi connectivity index (χ0n) is 28.9. The number of carbonyl (C=O) groups excluding carboxylic acids is 3. The number of hydroxylamine groups is 2. The third-order valence-electron chi connectivity index (χ3n) is 5.27. The van der Waals surface area contributed by atoms with Crippen LogP contribution in [0.1, 0.15) is 44.4 Å². The van der Waals surface area contributed by atoms with Crippen molar-refractivity contribution < 1.29 is 29.1 Å². The van der Waals surface area contributed by atoms with Gasteiger partial charge in [0.2, 0.25) is 12.8 Å². The lowest BCUT2D eigenvalue weighted by Gasteiger charge is -2.20. The van der Waals surface area contributed by atoms with E-state index in [4.69, 9.17) is 5.11 Å². The molecule has 0 unspecified atom stereocenters. The molecular formula is C36H57N3O6. The van der Waals surface area contributed by atoms with E-state index in [1.54, 1.807) is 26.3 Å². The first-order valence-electron chi connectivity index (χ1n) is 15.1. The molecule has 0 aliphatic heterocycles. The molecule has 0 atom stereocenters. The summed E-state index contributed by atoms with van der Waals surface area (Å²) >= 11 is 0. The monoisotopic (exact) mass is 627 g/mol. The molecular weight excluding hydrogens is 570 g/mol. The fraction of sp³-hybridized carbons (Fsp3) is 0.417. The number of aromatic hydroxyl groups is 1. The third-order valence-corrected chi connectivity index (χ3v) is 5.27. The maximum Gasteiger partial charge on any atom is 0.233 e. The molecule has 0 bridgehead atoms. The number of aldehydes is 1. The summed E-state index contributed by atoms with van der Waals surface area (Å²) in [5, 5.41) is 9.88. The van der Waals surface area contributed by atoms with Gasteiger partial charge in [-0.1, -0.05) is 97.8 Å². The smallest absolute Gasteiger partial charge is 0.233 e. The number of phenols is 1. The number of aryl methyl sites for hydroxylation is 2. The highest BCUT2D eigenvalue weighted by atomic mass is 16.7. The molecule has 0 saturated heterocycles. The van der Waals surface area contributed by atoms with Crippen molar-refractivity contribution in [3.05, 3.63) is 102 Å². The zero-order chi connectivity index (χ0) is 34.7. The van der Waals surface area contributed by atoms with Crippen LogP contribution in [0.15, 0.2) is 84.9 Å². The summed E-state index contributed by atoms with van der Waals surface area (Å²) in [5.74, 6) is 0.329. The van der Waals surface area contributed by atoms with Crippen LogP contribution in [0.25, 0.3) is 0 Å². The lowest BCUT2D eigenvalue weighted by Crippen LogP contribution is -2.33. The van der Waals surface area contributed by atoms with Crippen molar-refractivity contribution >= 4 is 19.1 Å². The molecule has 0 fully saturated rings. The van der Waals surface area contributed by atoms with Crippen molar-refractivity contribution in [2.24, 2.45) is 0 Å². The molecule has 9 nitrogen and oxygen atoms in total. The van der Waals surface area contributed by atoms with Crippen LogP contribution in [-0.4, -0.2) is 93.1 Å². The van der Waals surface area contributed by atoms with E-state index in [1.807, 2.05) is 90.2 Å². The molecule has 0 radical (unpaired) electrons. The summed E-state index contributed by atoms with van der Waals surface area (Å²) in [6.07, 6.45) is 2.07. The molecule has 0 heterocycles. The average Bonchev–Trinajstić information content (AvgIpc) is 3.07. The van der Waals surface area contributed by atoms with E-state index in [0.717, 1.165) is 31.0 Å². The number of rotatable bonds is 12. The van der Waals surface area contributed by atoms with E-state index in [0.29, 0.717) is 31.7 Å². The van der Waals surface area contributed by atoms with Crippen LogP contribution in [0.2, 0.25) is 0 Å². The van der Waals surface area contributed by atoms with Crippen LogP contribution >= 0.6 is 0 Å². The van der Waals surface area contributed by atoms with Crippen LogP contribution < -0.4 is 0 Å². The fourth-order valence-electron chi connectivity index (χ4n) is 2.87. The maximum absolute atomic E-state index is 10.6. The Bertz CT molecular complexity index is 1010. The number of ether oxygens (including phenoxy) is 1. The van der Waals surface area contributed by atoms with E-state index < -0.39 is 0 Å². The number of methoxy groups -OCH3 is 1. The van der Waals surface area contributed by atoms with Crippen LogP contribution in [-0.2, 0) is 30.5 Å². The second-order valence-electron chi connectivity index (χ2n) is 9.13. The van der Waals surface area contributed by atoms with Gasteiger partial charge in [0, 0.05) is 40.4 Å². The van der Waals surface area contributed by atoms with Gasteiger partial charge in [0.25, 0.3) is 0 Å². The fourth-order valence-corrected chi connectivity index (χ4v) is 2.87. The van der Waals surface area contributed by atoms with Crippen molar-refractivity contribution in [2.75, 3.05) is 54.1 Å². The third kappa shape index (κ3) is 32.7. The minimum absolute atomic E-state index is 0.169. The Morgan fingerprint density at radius 3 is 1.53 bits per heavy atom. The number of amides is 2. The number of likely N-dealkylation sites (N-methyl/N-ethyl adjacent to an activating group) is 1. The summed E-state index contributed by atoms with van der Waals surface area (Å²) in [7, 11) is 5.23. The molecule has 3 aromatic rings. The number of carbonyl (C=O) groups is 3. The van der Waals surface area contributed by atoms with Crippen molar-refractivity contribution in [3.63, 3.8) is 0 Å². The molecule has 0 saturated carbocycles. The van der Waals surface area contributed by atoms with Crippen molar-refractivity contribution in [2.45, 2.75) is 48.1 Å². The van der Waals surface area contributed by atoms with Gasteiger partial charge in [-0.05, 0) is 52.4 Å². The normalized spacial score (nSPS) is 8.93. The Morgan fingerprint density at radius 2 is 1.20 bits per heavy atom. The van der Waals surface area contributed by atoms with Gasteiger partial charge in [0.05, 0.1) is 13.2 Å². The first-order valence-corrected chi connectivity index (χ1v) is 15.1. The van der Waals surface area contributed by atoms with Gasteiger partial charge in [-0.15, -0.1) is 0 Å². The van der Waals surface area contributed by atoms with E-state index in [-0.39, 0.29) is 6.54 Å². The molecule has 45 heavy (non-hydrogen) atoms. The van der Waals surface area contributed by atoms with E-state index in [1.165, 1.54) is 21.6 Å². The Kier molecular flexibility index (Phi) is 34.7. The molecule has 0 spiro atoms. The minimum atomic E-state index is 0.169. The summed E-state index contributed by atoms with van der Waals surface area (Å²) in [6, 6.07) is 27.5. The standard InChI is InChI=1S/C13H18N2O2.C7H8O.C7H8.C4H9NO2.C3H8O.C2H6/c1-14(7-8-15(12-17)9-10-16)11-13-5-3-2-4-6-13;1-6-2-4-7(8)5-3-6;1-7-5-3-2-4-6-7;1-3-7-5(2)4-6;1-3-4-2;1-2/h2-6,10,12H,7-9,11H2,1H3;2-5,8H,1H3;2-6H,1H3;4H,3H2,1-2H3;3H2,1-2H3;1-2H3. The summed E-state index contributed by atoms with van der Waals surface area (Å²) in [6.45, 7) is 15.5. The van der Waals surface area contributed by atoms with Crippen LogP contribution in [0.3, 0.4) is 0 Å². The van der Waals surface area contributed by atoms with Gasteiger partial charge in [-0.3, -0.25) is 14.4 Å². The maximum atomic E-state index is 10.6. The molecule has 0 aliphatic rings. The highest BCUT2D eigenvalue weighted by molar-refractivity contribution is 5.59. The van der Waals surface area contributed by atoms with Crippen LogP contribution in [0.4, 0.5) is 0 Å². The Morgan fingerprint density at radius 1 is 0.711 bits per heavy atom. The van der Waals surface area contributed by atoms with Crippen LogP contribution in [0, 0.1) is 13.8 Å². The number of hydrogen-bond acceptors (Lipinski definition) is 7. The first-order chi connectivity index (χ1) is 21.7. The Labute approximate surface area is 272 Å².